The monoisotopic (exact) mass is 253 g/mol. The molecular weight excluding hydrogens is 246 g/mol. The maximum absolute atomic E-state index is 11.4. The fraction of sp³-hybridized carbons (Fsp3) is 0.286. The molecule has 0 unspecified atom stereocenters. The molecule has 0 amide bonds. The molecule has 0 saturated carbocycles. The lowest BCUT2D eigenvalue weighted by Gasteiger charge is -2.00. The number of hydrogen-bond acceptors (Lipinski definition) is 4. The Labute approximate surface area is 90.9 Å². The highest BCUT2D eigenvalue weighted by Gasteiger charge is 2.16. The van der Waals surface area contributed by atoms with Crippen molar-refractivity contribution in [1.82, 2.24) is 4.72 Å². The van der Waals surface area contributed by atoms with Gasteiger partial charge in [0.15, 0.2) is 0 Å². The summed E-state index contributed by atoms with van der Waals surface area (Å²) in [5.41, 5.74) is 0. The minimum Gasteiger partial charge on any atom is -0.299 e. The number of Topliss-reactive ketones (excluding diaryl/α,β-unsaturated/α-hetero) is 1. The van der Waals surface area contributed by atoms with Crippen LogP contribution in [-0.4, -0.2) is 20.7 Å². The average molecular weight is 254 g/mol. The molecule has 7 heteroatoms. The largest absolute Gasteiger partial charge is 0.299 e. The molecule has 0 aliphatic heterocycles. The number of rotatable bonds is 4. The van der Waals surface area contributed by atoms with Gasteiger partial charge in [0, 0.05) is 0 Å². The van der Waals surface area contributed by atoms with Crippen LogP contribution < -0.4 is 4.72 Å². The summed E-state index contributed by atoms with van der Waals surface area (Å²) >= 11 is 6.54. The van der Waals surface area contributed by atoms with Gasteiger partial charge in [-0.3, -0.25) is 4.79 Å². The third-order valence-corrected chi connectivity index (χ3v) is 4.45. The Bertz CT molecular complexity index is 438. The highest BCUT2D eigenvalue weighted by Crippen LogP contribution is 2.24. The zero-order chi connectivity index (χ0) is 10.8. The molecule has 0 radical (unpaired) electrons. The minimum absolute atomic E-state index is 0.115. The molecule has 0 atom stereocenters. The predicted molar refractivity (Wildman–Crippen MR) is 55.2 cm³/mol. The molecular formula is C7H8ClNO3S2. The van der Waals surface area contributed by atoms with Crippen LogP contribution in [0.5, 0.6) is 0 Å². The maximum Gasteiger partial charge on any atom is 0.250 e. The Morgan fingerprint density at radius 2 is 2.21 bits per heavy atom. The maximum atomic E-state index is 11.4. The van der Waals surface area contributed by atoms with Crippen LogP contribution in [0.2, 0.25) is 4.34 Å². The second-order valence-electron chi connectivity index (χ2n) is 2.59. The standard InChI is InChI=1S/C7H8ClNO3S2/c1-5(10)4-9-14(11,12)7-3-2-6(8)13-7/h2-3,9H,4H2,1H3. The molecule has 0 aromatic carbocycles. The molecule has 0 saturated heterocycles. The van der Waals surface area contributed by atoms with Crippen molar-refractivity contribution >= 4 is 38.7 Å². The predicted octanol–water partition coefficient (Wildman–Crippen LogP) is 1.27. The summed E-state index contributed by atoms with van der Waals surface area (Å²) in [5.74, 6) is -0.240. The minimum atomic E-state index is -3.57. The first-order valence-electron chi connectivity index (χ1n) is 3.66. The summed E-state index contributed by atoms with van der Waals surface area (Å²) in [6.45, 7) is 1.11. The van der Waals surface area contributed by atoms with Crippen LogP contribution in [0.4, 0.5) is 0 Å². The van der Waals surface area contributed by atoms with Crippen molar-refractivity contribution in [3.05, 3.63) is 16.5 Å². The van der Waals surface area contributed by atoms with Gasteiger partial charge in [0.2, 0.25) is 10.0 Å². The highest BCUT2D eigenvalue weighted by molar-refractivity contribution is 7.91. The number of thiophene rings is 1. The van der Waals surface area contributed by atoms with Crippen LogP contribution in [0.3, 0.4) is 0 Å². The molecule has 1 heterocycles. The highest BCUT2D eigenvalue weighted by atomic mass is 35.5. The Balaban J connectivity index is 2.81. The third kappa shape index (κ3) is 3.06. The second-order valence-corrected chi connectivity index (χ2v) is 6.29. The van der Waals surface area contributed by atoms with Gasteiger partial charge in [-0.1, -0.05) is 11.6 Å². The molecule has 78 valence electrons. The van der Waals surface area contributed by atoms with E-state index in [1.807, 2.05) is 0 Å². The van der Waals surface area contributed by atoms with Crippen LogP contribution >= 0.6 is 22.9 Å². The Kier molecular flexibility index (Phi) is 3.65. The first-order valence-corrected chi connectivity index (χ1v) is 6.34. The van der Waals surface area contributed by atoms with Crippen LogP contribution in [-0.2, 0) is 14.8 Å². The van der Waals surface area contributed by atoms with Gasteiger partial charge in [0.05, 0.1) is 10.9 Å². The third-order valence-electron chi connectivity index (χ3n) is 1.32. The summed E-state index contributed by atoms with van der Waals surface area (Å²) in [7, 11) is -3.57. The molecule has 1 rings (SSSR count). The average Bonchev–Trinajstić information content (AvgIpc) is 2.49. The van der Waals surface area contributed by atoms with Crippen molar-refractivity contribution in [2.24, 2.45) is 0 Å². The van der Waals surface area contributed by atoms with Crippen LogP contribution in [0.1, 0.15) is 6.92 Å². The SMILES string of the molecule is CC(=O)CNS(=O)(=O)c1ccc(Cl)s1. The summed E-state index contributed by atoms with van der Waals surface area (Å²) < 4.78 is 25.6. The molecule has 0 fully saturated rings. The molecule has 1 N–H and O–H groups in total. The van der Waals surface area contributed by atoms with E-state index in [0.29, 0.717) is 4.34 Å². The topological polar surface area (TPSA) is 63.2 Å². The first-order chi connectivity index (χ1) is 6.42. The smallest absolute Gasteiger partial charge is 0.250 e. The van der Waals surface area contributed by atoms with Crippen molar-refractivity contribution in [2.45, 2.75) is 11.1 Å². The fourth-order valence-corrected chi connectivity index (χ4v) is 3.29. The lowest BCUT2D eigenvalue weighted by molar-refractivity contribution is -0.115. The van der Waals surface area contributed by atoms with E-state index < -0.39 is 10.0 Å². The summed E-state index contributed by atoms with van der Waals surface area (Å²) in [5, 5.41) is 0. The Morgan fingerprint density at radius 1 is 1.57 bits per heavy atom. The number of halogens is 1. The Hall–Kier alpha value is -0.430. The van der Waals surface area contributed by atoms with E-state index in [2.05, 4.69) is 4.72 Å². The quantitative estimate of drug-likeness (QED) is 0.879. The van der Waals surface area contributed by atoms with E-state index in [1.54, 1.807) is 0 Å². The number of carbonyl (C=O) groups is 1. The van der Waals surface area contributed by atoms with Crippen molar-refractivity contribution in [2.75, 3.05) is 6.54 Å². The van der Waals surface area contributed by atoms with Crippen molar-refractivity contribution < 1.29 is 13.2 Å². The lowest BCUT2D eigenvalue weighted by atomic mass is 10.5. The van der Waals surface area contributed by atoms with Gasteiger partial charge in [-0.05, 0) is 19.1 Å². The van der Waals surface area contributed by atoms with E-state index in [9.17, 15) is 13.2 Å². The lowest BCUT2D eigenvalue weighted by Crippen LogP contribution is -2.27. The van der Waals surface area contributed by atoms with Crippen LogP contribution in [0.25, 0.3) is 0 Å². The zero-order valence-electron chi connectivity index (χ0n) is 7.28. The van der Waals surface area contributed by atoms with Gasteiger partial charge in [0.1, 0.15) is 9.99 Å². The van der Waals surface area contributed by atoms with Crippen molar-refractivity contribution in [1.29, 1.82) is 0 Å². The number of hydrogen-bond donors (Lipinski definition) is 1. The van der Waals surface area contributed by atoms with Gasteiger partial charge in [-0.25, -0.2) is 13.1 Å². The van der Waals surface area contributed by atoms with E-state index in [4.69, 9.17) is 11.6 Å². The van der Waals surface area contributed by atoms with Gasteiger partial charge < -0.3 is 0 Å². The van der Waals surface area contributed by atoms with E-state index in [1.165, 1.54) is 19.1 Å². The Morgan fingerprint density at radius 3 is 2.64 bits per heavy atom. The fourth-order valence-electron chi connectivity index (χ4n) is 0.710. The van der Waals surface area contributed by atoms with Crippen molar-refractivity contribution in [3.63, 3.8) is 0 Å². The van der Waals surface area contributed by atoms with E-state index in [0.717, 1.165) is 11.3 Å². The number of nitrogens with one attached hydrogen (secondary N) is 1. The number of sulfonamides is 1. The summed E-state index contributed by atoms with van der Waals surface area (Å²) in [4.78, 5) is 10.6. The van der Waals surface area contributed by atoms with Crippen LogP contribution in [0.15, 0.2) is 16.3 Å². The normalized spacial score (nSPS) is 11.6. The summed E-state index contributed by atoms with van der Waals surface area (Å²) in [6, 6.07) is 2.89. The molecule has 0 aliphatic rings. The molecule has 0 bridgehead atoms. The van der Waals surface area contributed by atoms with Crippen molar-refractivity contribution in [3.8, 4) is 0 Å². The van der Waals surface area contributed by atoms with Gasteiger partial charge in [0.25, 0.3) is 0 Å². The second kappa shape index (κ2) is 4.39. The van der Waals surface area contributed by atoms with E-state index >= 15 is 0 Å². The first kappa shape index (κ1) is 11.6. The molecule has 4 nitrogen and oxygen atoms in total. The molecule has 14 heavy (non-hydrogen) atoms. The van der Waals surface area contributed by atoms with Gasteiger partial charge in [-0.15, -0.1) is 11.3 Å². The number of ketones is 1. The van der Waals surface area contributed by atoms with Crippen LogP contribution in [0, 0.1) is 0 Å². The number of carbonyl (C=O) groups excluding carboxylic acids is 1. The molecule has 0 spiro atoms. The van der Waals surface area contributed by atoms with Gasteiger partial charge >= 0.3 is 0 Å². The molecule has 0 aliphatic carbocycles. The molecule has 1 aromatic heterocycles. The van der Waals surface area contributed by atoms with Gasteiger partial charge in [-0.2, -0.15) is 0 Å². The zero-order valence-corrected chi connectivity index (χ0v) is 9.67. The van der Waals surface area contributed by atoms with E-state index in [-0.39, 0.29) is 16.5 Å². The summed E-state index contributed by atoms with van der Waals surface area (Å²) in [6.07, 6.45) is 0. The molecule has 1 aromatic rings.